The fourth-order valence-corrected chi connectivity index (χ4v) is 2.96. The van der Waals surface area contributed by atoms with Gasteiger partial charge in [-0.1, -0.05) is 43.7 Å². The van der Waals surface area contributed by atoms with E-state index in [1.807, 2.05) is 0 Å². The van der Waals surface area contributed by atoms with E-state index in [1.54, 1.807) is 0 Å². The lowest BCUT2D eigenvalue weighted by Gasteiger charge is -2.36. The molecule has 0 spiro atoms. The molecule has 2 rings (SSSR count). The van der Waals surface area contributed by atoms with Crippen molar-refractivity contribution in [3.8, 4) is 0 Å². The van der Waals surface area contributed by atoms with Crippen LogP contribution in [0.2, 0.25) is 0 Å². The van der Waals surface area contributed by atoms with Crippen LogP contribution in [0, 0.1) is 12.3 Å². The molecule has 1 aromatic rings. The molecule has 0 radical (unpaired) electrons. The Hall–Kier alpha value is -0.820. The van der Waals surface area contributed by atoms with E-state index in [-0.39, 0.29) is 0 Å². The van der Waals surface area contributed by atoms with Crippen molar-refractivity contribution in [2.24, 2.45) is 5.41 Å². The molecule has 1 aliphatic carbocycles. The highest BCUT2D eigenvalue weighted by atomic mass is 14.9. The Morgan fingerprint density at radius 3 is 2.50 bits per heavy atom. The van der Waals surface area contributed by atoms with Crippen LogP contribution in [0.25, 0.3) is 0 Å². The molecule has 1 N–H and O–H groups in total. The van der Waals surface area contributed by atoms with Crippen LogP contribution in [0.1, 0.15) is 63.6 Å². The zero-order valence-corrected chi connectivity index (χ0v) is 12.3. The van der Waals surface area contributed by atoms with Crippen molar-refractivity contribution in [3.05, 3.63) is 35.4 Å². The van der Waals surface area contributed by atoms with E-state index in [4.69, 9.17) is 0 Å². The molecule has 0 bridgehead atoms. The Bertz CT molecular complexity index is 384. The predicted octanol–water partition coefficient (Wildman–Crippen LogP) is 4.61. The maximum atomic E-state index is 3.80. The van der Waals surface area contributed by atoms with E-state index in [0.29, 0.717) is 17.5 Å². The van der Waals surface area contributed by atoms with Gasteiger partial charge < -0.3 is 5.32 Å². The molecule has 1 aromatic carbocycles. The average Bonchev–Trinajstić information content (AvgIpc) is 2.32. The molecule has 0 saturated heterocycles. The molecule has 0 aliphatic heterocycles. The van der Waals surface area contributed by atoms with Gasteiger partial charge >= 0.3 is 0 Å². The van der Waals surface area contributed by atoms with Gasteiger partial charge in [0.2, 0.25) is 0 Å². The number of hydrogen-bond acceptors (Lipinski definition) is 1. The minimum Gasteiger partial charge on any atom is -0.307 e. The first-order valence-corrected chi connectivity index (χ1v) is 7.29. The standard InChI is InChI=1S/C17H27N/c1-13-6-5-7-15(12-13)14(2)18-16-8-10-17(3,4)11-9-16/h5-7,12,14,16,18H,8-11H2,1-4H3/t14-/m1/s1. The predicted molar refractivity (Wildman–Crippen MR) is 78.8 cm³/mol. The minimum absolute atomic E-state index is 0.469. The van der Waals surface area contributed by atoms with Gasteiger partial charge in [0.05, 0.1) is 0 Å². The van der Waals surface area contributed by atoms with Gasteiger partial charge in [0.15, 0.2) is 0 Å². The third-order valence-electron chi connectivity index (χ3n) is 4.37. The molecule has 1 aliphatic rings. The van der Waals surface area contributed by atoms with Crippen LogP contribution in [0.3, 0.4) is 0 Å². The molecule has 0 unspecified atom stereocenters. The maximum Gasteiger partial charge on any atom is 0.0294 e. The highest BCUT2D eigenvalue weighted by Crippen LogP contribution is 2.35. The van der Waals surface area contributed by atoms with Crippen LogP contribution < -0.4 is 5.32 Å². The number of benzene rings is 1. The normalized spacial score (nSPS) is 21.8. The fraction of sp³-hybridized carbons (Fsp3) is 0.647. The van der Waals surface area contributed by atoms with Crippen molar-refractivity contribution in [2.75, 3.05) is 0 Å². The smallest absolute Gasteiger partial charge is 0.0294 e. The van der Waals surface area contributed by atoms with Crippen molar-refractivity contribution >= 4 is 0 Å². The lowest BCUT2D eigenvalue weighted by Crippen LogP contribution is -2.37. The van der Waals surface area contributed by atoms with E-state index in [1.165, 1.54) is 36.8 Å². The molecule has 18 heavy (non-hydrogen) atoms. The summed E-state index contributed by atoms with van der Waals surface area (Å²) in [5.74, 6) is 0. The summed E-state index contributed by atoms with van der Waals surface area (Å²) in [7, 11) is 0. The molecular formula is C17H27N. The second-order valence-corrected chi connectivity index (χ2v) is 6.74. The molecular weight excluding hydrogens is 218 g/mol. The molecule has 100 valence electrons. The second kappa shape index (κ2) is 5.44. The quantitative estimate of drug-likeness (QED) is 0.819. The maximum absolute atomic E-state index is 3.80. The van der Waals surface area contributed by atoms with Crippen molar-refractivity contribution < 1.29 is 0 Å². The van der Waals surface area contributed by atoms with E-state index >= 15 is 0 Å². The molecule has 0 amide bonds. The Balaban J connectivity index is 1.90. The Morgan fingerprint density at radius 2 is 1.89 bits per heavy atom. The van der Waals surface area contributed by atoms with Crippen LogP contribution in [0.5, 0.6) is 0 Å². The van der Waals surface area contributed by atoms with Gasteiger partial charge in [0.1, 0.15) is 0 Å². The Morgan fingerprint density at radius 1 is 1.22 bits per heavy atom. The lowest BCUT2D eigenvalue weighted by atomic mass is 9.75. The van der Waals surface area contributed by atoms with Crippen molar-refractivity contribution in [1.29, 1.82) is 0 Å². The third-order valence-corrected chi connectivity index (χ3v) is 4.37. The van der Waals surface area contributed by atoms with Crippen LogP contribution in [-0.4, -0.2) is 6.04 Å². The second-order valence-electron chi connectivity index (χ2n) is 6.74. The highest BCUT2D eigenvalue weighted by Gasteiger charge is 2.27. The average molecular weight is 245 g/mol. The Labute approximate surface area is 112 Å². The van der Waals surface area contributed by atoms with Gasteiger partial charge in [-0.25, -0.2) is 0 Å². The first-order chi connectivity index (χ1) is 8.46. The molecule has 1 atom stereocenters. The van der Waals surface area contributed by atoms with E-state index in [2.05, 4.69) is 57.3 Å². The first-order valence-electron chi connectivity index (χ1n) is 7.29. The summed E-state index contributed by atoms with van der Waals surface area (Å²) in [5.41, 5.74) is 3.33. The van der Waals surface area contributed by atoms with E-state index < -0.39 is 0 Å². The van der Waals surface area contributed by atoms with Gasteiger partial charge in [0.25, 0.3) is 0 Å². The van der Waals surface area contributed by atoms with E-state index in [0.717, 1.165) is 0 Å². The number of aryl methyl sites for hydroxylation is 1. The van der Waals surface area contributed by atoms with Crippen molar-refractivity contribution in [2.45, 2.75) is 65.5 Å². The zero-order valence-electron chi connectivity index (χ0n) is 12.3. The highest BCUT2D eigenvalue weighted by molar-refractivity contribution is 5.24. The van der Waals surface area contributed by atoms with Crippen LogP contribution >= 0.6 is 0 Å². The lowest BCUT2D eigenvalue weighted by molar-refractivity contribution is 0.200. The van der Waals surface area contributed by atoms with Crippen LogP contribution in [-0.2, 0) is 0 Å². The summed E-state index contributed by atoms with van der Waals surface area (Å²) >= 11 is 0. The third kappa shape index (κ3) is 3.58. The van der Waals surface area contributed by atoms with Crippen molar-refractivity contribution in [3.63, 3.8) is 0 Å². The summed E-state index contributed by atoms with van der Waals surface area (Å²) in [6, 6.07) is 10.0. The molecule has 1 fully saturated rings. The SMILES string of the molecule is Cc1cccc([C@@H](C)NC2CCC(C)(C)CC2)c1. The van der Waals surface area contributed by atoms with Crippen molar-refractivity contribution in [1.82, 2.24) is 5.32 Å². The zero-order chi connectivity index (χ0) is 13.2. The van der Waals surface area contributed by atoms with Gasteiger partial charge in [-0.15, -0.1) is 0 Å². The van der Waals surface area contributed by atoms with Crippen LogP contribution in [0.15, 0.2) is 24.3 Å². The minimum atomic E-state index is 0.469. The first kappa shape index (κ1) is 13.6. The summed E-state index contributed by atoms with van der Waals surface area (Å²) in [6.45, 7) is 9.24. The van der Waals surface area contributed by atoms with Gasteiger partial charge in [-0.05, 0) is 50.5 Å². The molecule has 1 saturated carbocycles. The van der Waals surface area contributed by atoms with E-state index in [9.17, 15) is 0 Å². The monoisotopic (exact) mass is 245 g/mol. The fourth-order valence-electron chi connectivity index (χ4n) is 2.96. The number of rotatable bonds is 3. The van der Waals surface area contributed by atoms with Crippen LogP contribution in [0.4, 0.5) is 0 Å². The molecule has 0 aromatic heterocycles. The topological polar surface area (TPSA) is 12.0 Å². The van der Waals surface area contributed by atoms with Gasteiger partial charge in [0, 0.05) is 12.1 Å². The van der Waals surface area contributed by atoms with Gasteiger partial charge in [-0.3, -0.25) is 0 Å². The van der Waals surface area contributed by atoms with Gasteiger partial charge in [-0.2, -0.15) is 0 Å². The number of hydrogen-bond donors (Lipinski definition) is 1. The number of nitrogens with one attached hydrogen (secondary N) is 1. The summed E-state index contributed by atoms with van der Waals surface area (Å²) in [5, 5.41) is 3.80. The summed E-state index contributed by atoms with van der Waals surface area (Å²) in [6.07, 6.45) is 5.35. The summed E-state index contributed by atoms with van der Waals surface area (Å²) < 4.78 is 0. The summed E-state index contributed by atoms with van der Waals surface area (Å²) in [4.78, 5) is 0. The largest absolute Gasteiger partial charge is 0.307 e. The Kier molecular flexibility index (Phi) is 4.11. The molecule has 0 heterocycles. The molecule has 1 heteroatoms. The molecule has 1 nitrogen and oxygen atoms in total.